The zero-order valence-corrected chi connectivity index (χ0v) is 50.7. The fourth-order valence-electron chi connectivity index (χ4n) is 10.2. The van der Waals surface area contributed by atoms with E-state index in [1.807, 2.05) is 120 Å². The molecule has 5 heterocycles. The van der Waals surface area contributed by atoms with E-state index in [2.05, 4.69) is 26.5 Å². The molecule has 0 radical (unpaired) electrons. The van der Waals surface area contributed by atoms with Gasteiger partial charge < -0.3 is 25.6 Å². The maximum absolute atomic E-state index is 13.4. The van der Waals surface area contributed by atoms with Gasteiger partial charge in [0, 0.05) is 59.4 Å². The molecule has 19 heteroatoms. The van der Waals surface area contributed by atoms with E-state index in [1.54, 1.807) is 54.5 Å². The Morgan fingerprint density at radius 2 is 1.48 bits per heavy atom. The molecule has 0 saturated carbocycles. The number of aromatic nitrogens is 2. The van der Waals surface area contributed by atoms with Crippen LogP contribution < -0.4 is 21.5 Å². The molecule has 2 saturated heterocycles. The maximum atomic E-state index is 13.4. The Morgan fingerprint density at radius 3 is 2.13 bits per heavy atom. The van der Waals surface area contributed by atoms with Crippen molar-refractivity contribution in [3.05, 3.63) is 95.3 Å². The van der Waals surface area contributed by atoms with Crippen molar-refractivity contribution in [2.24, 2.45) is 34.5 Å². The fraction of sp³-hybridized carbons (Fsp3) is 0.531. The van der Waals surface area contributed by atoms with E-state index in [1.165, 1.54) is 16.9 Å². The van der Waals surface area contributed by atoms with Crippen LogP contribution in [-0.4, -0.2) is 114 Å². The SMILES string of the molecule is CC(C)[C@@H]1CC(=O)C(C)(C)/C=C/c2ccc3ccc(nc3c2)[C@@H](C)OC(=O)[C@]2(C)CCCN(N2)C(=O)[C@H](C)NC1=O.CC(C)[C@H](CC(=O)C(C)(C)/C=C/c1ccc2ccc([C@@H](C)O)nc2c1)C(=O)N[C@@H](C)C(=O)N1CCCC(C)(C(=O)O)N1. The summed E-state index contributed by atoms with van der Waals surface area (Å²) in [4.78, 5) is 114. The zero-order valence-electron chi connectivity index (χ0n) is 50.7. The van der Waals surface area contributed by atoms with Crippen LogP contribution >= 0.6 is 0 Å². The summed E-state index contributed by atoms with van der Waals surface area (Å²) in [5.74, 6) is -4.76. The molecule has 6 N–H and O–H groups in total. The van der Waals surface area contributed by atoms with Crippen molar-refractivity contribution in [2.75, 3.05) is 13.1 Å². The van der Waals surface area contributed by atoms with E-state index >= 15 is 0 Å². The van der Waals surface area contributed by atoms with Crippen molar-refractivity contribution >= 4 is 81.1 Å². The molecule has 7 rings (SSSR count). The fourth-order valence-corrected chi connectivity index (χ4v) is 10.2. The number of Topliss-reactive ketones (excluding diaryl/α,β-unsaturated/α-hetero) is 2. The Balaban J connectivity index is 0.000000267. The topological polar surface area (TPSA) is 267 Å². The highest BCUT2D eigenvalue weighted by Gasteiger charge is 2.44. The van der Waals surface area contributed by atoms with Gasteiger partial charge in [-0.15, -0.1) is 0 Å². The predicted octanol–water partition coefficient (Wildman–Crippen LogP) is 8.55. The Morgan fingerprint density at radius 1 is 0.843 bits per heavy atom. The molecular weight excluding hydrogens is 1060 g/mol. The van der Waals surface area contributed by atoms with Gasteiger partial charge in [0.15, 0.2) is 0 Å². The Kier molecular flexibility index (Phi) is 20.8. The van der Waals surface area contributed by atoms with Crippen molar-refractivity contribution in [1.82, 2.24) is 41.5 Å². The molecule has 4 amide bonds. The van der Waals surface area contributed by atoms with E-state index in [0.29, 0.717) is 50.2 Å². The van der Waals surface area contributed by atoms with Crippen LogP contribution in [0.5, 0.6) is 0 Å². The Bertz CT molecular complexity index is 3170. The molecule has 19 nitrogen and oxygen atoms in total. The summed E-state index contributed by atoms with van der Waals surface area (Å²) in [6.07, 6.45) is 8.15. The number of amides is 4. The second-order valence-corrected chi connectivity index (χ2v) is 25.0. The third-order valence-corrected chi connectivity index (χ3v) is 16.3. The molecule has 2 aromatic heterocycles. The Labute approximate surface area is 487 Å². The van der Waals surface area contributed by atoms with Gasteiger partial charge in [-0.05, 0) is 142 Å². The number of hydrazine groups is 2. The van der Waals surface area contributed by atoms with Crippen LogP contribution in [0.3, 0.4) is 0 Å². The molecule has 448 valence electrons. The molecular formula is C64H86N8O11. The normalized spacial score (nSPS) is 24.4. The number of carboxylic acids is 1. The van der Waals surface area contributed by atoms with Crippen LogP contribution in [0.1, 0.15) is 170 Å². The van der Waals surface area contributed by atoms with Crippen LogP contribution in [0.2, 0.25) is 0 Å². The number of carboxylic acid groups (broad SMARTS) is 1. The minimum atomic E-state index is -1.26. The van der Waals surface area contributed by atoms with E-state index in [-0.39, 0.29) is 48.1 Å². The van der Waals surface area contributed by atoms with E-state index in [4.69, 9.17) is 9.72 Å². The summed E-state index contributed by atoms with van der Waals surface area (Å²) in [6, 6.07) is 17.4. The lowest BCUT2D eigenvalue weighted by atomic mass is 9.79. The number of nitrogens with one attached hydrogen (secondary N) is 4. The number of ketones is 2. The first-order valence-electron chi connectivity index (χ1n) is 28.9. The van der Waals surface area contributed by atoms with Crippen molar-refractivity contribution in [3.8, 4) is 0 Å². The van der Waals surface area contributed by atoms with Crippen molar-refractivity contribution in [2.45, 2.75) is 171 Å². The number of fused-ring (bicyclic) bond motifs is 5. The van der Waals surface area contributed by atoms with Gasteiger partial charge in [0.1, 0.15) is 40.8 Å². The molecule has 3 aliphatic heterocycles. The van der Waals surface area contributed by atoms with Gasteiger partial charge in [-0.3, -0.25) is 48.6 Å². The first kappa shape index (κ1) is 64.9. The van der Waals surface area contributed by atoms with Crippen LogP contribution in [0.15, 0.2) is 72.8 Å². The van der Waals surface area contributed by atoms with Crippen molar-refractivity contribution in [1.29, 1.82) is 0 Å². The number of allylic oxidation sites excluding steroid dienone is 2. The lowest BCUT2D eigenvalue weighted by Crippen LogP contribution is -2.65. The van der Waals surface area contributed by atoms with E-state index < -0.39 is 81.8 Å². The third kappa shape index (κ3) is 16.1. The first-order valence-corrected chi connectivity index (χ1v) is 28.9. The average molecular weight is 1140 g/mol. The number of hydrogen-bond acceptors (Lipinski definition) is 14. The van der Waals surface area contributed by atoms with Gasteiger partial charge in [0.2, 0.25) is 11.8 Å². The highest BCUT2D eigenvalue weighted by Crippen LogP contribution is 2.32. The summed E-state index contributed by atoms with van der Waals surface area (Å²) in [6.45, 7) is 25.4. The van der Waals surface area contributed by atoms with Crippen molar-refractivity contribution in [3.63, 3.8) is 0 Å². The van der Waals surface area contributed by atoms with Crippen LogP contribution in [0.25, 0.3) is 34.0 Å². The molecule has 0 aliphatic carbocycles. The second kappa shape index (κ2) is 26.6. The van der Waals surface area contributed by atoms with Gasteiger partial charge in [-0.2, -0.15) is 0 Å². The quantitative estimate of drug-likeness (QED) is 0.0726. The zero-order chi connectivity index (χ0) is 61.5. The number of aliphatic hydroxyl groups excluding tert-OH is 1. The number of esters is 1. The molecule has 2 aromatic carbocycles. The number of nitrogens with zero attached hydrogens (tertiary/aromatic N) is 4. The van der Waals surface area contributed by atoms with Crippen molar-refractivity contribution < 1.29 is 53.3 Å². The van der Waals surface area contributed by atoms with Crippen LogP contribution in [-0.2, 0) is 43.1 Å². The monoisotopic (exact) mass is 1140 g/mol. The number of ether oxygens (including phenoxy) is 1. The first-order chi connectivity index (χ1) is 38.7. The largest absolute Gasteiger partial charge is 0.480 e. The average Bonchev–Trinajstić information content (AvgIpc) is 3.64. The number of carbonyl (C=O) groups excluding carboxylic acids is 7. The number of benzene rings is 2. The summed E-state index contributed by atoms with van der Waals surface area (Å²) < 4.78 is 5.86. The highest BCUT2D eigenvalue weighted by atomic mass is 16.5. The molecule has 5 bridgehead atoms. The molecule has 83 heavy (non-hydrogen) atoms. The lowest BCUT2D eigenvalue weighted by Gasteiger charge is -2.41. The lowest BCUT2D eigenvalue weighted by molar-refractivity contribution is -0.164. The number of rotatable bonds is 12. The number of carbonyl (C=O) groups is 8. The van der Waals surface area contributed by atoms with Gasteiger partial charge in [0.25, 0.3) is 11.8 Å². The van der Waals surface area contributed by atoms with Gasteiger partial charge in [-0.25, -0.2) is 20.6 Å². The second-order valence-electron chi connectivity index (χ2n) is 25.0. The van der Waals surface area contributed by atoms with Crippen LogP contribution in [0, 0.1) is 34.5 Å². The smallest absolute Gasteiger partial charge is 0.328 e. The Hall–Kier alpha value is -7.22. The third-order valence-electron chi connectivity index (χ3n) is 16.3. The number of aliphatic carboxylic acids is 1. The van der Waals surface area contributed by atoms with Gasteiger partial charge in [0.05, 0.1) is 28.5 Å². The standard InChI is InChI=1S/C32H44N4O6.C32H42N4O5/c1-19(2)24(28(39)33-20(3)29(40)36-16-8-14-32(7,35-36)30(41)42)18-27(38)31(5,6)15-13-22-9-10-23-11-12-25(21(4)37)34-26(23)17-22;1-19(2)24-18-27(37)31(5,6)15-13-22-9-10-23-11-12-25(34-26(23)17-22)21(4)41-30(40)32(7)14-8-16-36(35-32)29(39)20(3)33-28(24)38/h9-13,15,17,19-21,24,35,37H,8,14,16,18H2,1-7H3,(H,33,39)(H,41,42);9-13,15,17,19-21,24,35H,8,14,16,18H2,1-7H3,(H,33,38)/b2*15-13+/t20-,21+,24-,32?;20-,21+,24-,32-/m00/s1. The summed E-state index contributed by atoms with van der Waals surface area (Å²) in [5, 5.41) is 29.5. The maximum Gasteiger partial charge on any atom is 0.328 e. The molecule has 3 aliphatic rings. The number of hydrogen-bond donors (Lipinski definition) is 6. The molecule has 4 aromatic rings. The number of pyridine rings is 2. The predicted molar refractivity (Wildman–Crippen MR) is 318 cm³/mol. The van der Waals surface area contributed by atoms with Gasteiger partial charge >= 0.3 is 11.9 Å². The molecule has 2 fully saturated rings. The van der Waals surface area contributed by atoms with Crippen LogP contribution in [0.4, 0.5) is 0 Å². The summed E-state index contributed by atoms with van der Waals surface area (Å²) in [7, 11) is 0. The minimum Gasteiger partial charge on any atom is -0.480 e. The molecule has 8 atom stereocenters. The minimum absolute atomic E-state index is 0.00216. The summed E-state index contributed by atoms with van der Waals surface area (Å²) >= 11 is 0. The van der Waals surface area contributed by atoms with E-state index in [9.17, 15) is 48.6 Å². The van der Waals surface area contributed by atoms with Gasteiger partial charge in [-0.1, -0.05) is 88.4 Å². The highest BCUT2D eigenvalue weighted by molar-refractivity contribution is 5.95. The number of cyclic esters (lactones) is 1. The number of aliphatic hydroxyl groups is 1. The van der Waals surface area contributed by atoms with E-state index in [0.717, 1.165) is 32.9 Å². The summed E-state index contributed by atoms with van der Waals surface area (Å²) in [5.41, 5.74) is 6.20. The molecule has 0 spiro atoms. The molecule has 1 unspecified atom stereocenters.